The Labute approximate surface area is 107 Å². The van der Waals surface area contributed by atoms with Crippen molar-refractivity contribution in [2.75, 3.05) is 18.1 Å². The smallest absolute Gasteiger partial charge is 0.308 e. The molecule has 0 aliphatic rings. The lowest BCUT2D eigenvalue weighted by atomic mass is 10.0. The van der Waals surface area contributed by atoms with Gasteiger partial charge in [-0.05, 0) is 19.8 Å². The Morgan fingerprint density at radius 3 is 1.72 bits per heavy atom. The molecule has 0 aliphatic carbocycles. The topological polar surface area (TPSA) is 147 Å². The molecule has 0 aliphatic heterocycles. The van der Waals surface area contributed by atoms with Crippen LogP contribution in [0.1, 0.15) is 19.8 Å². The van der Waals surface area contributed by atoms with E-state index >= 15 is 0 Å². The predicted octanol–water partition coefficient (Wildman–Crippen LogP) is -1.48. The first-order chi connectivity index (χ1) is 8.05. The summed E-state index contributed by atoms with van der Waals surface area (Å²) in [5, 5.41) is 9.63. The molecular formula is C8H18N2O6S2. The summed E-state index contributed by atoms with van der Waals surface area (Å²) in [6.07, 6.45) is -0.180. The first kappa shape index (κ1) is 17.3. The maximum absolute atomic E-state index is 11.5. The van der Waals surface area contributed by atoms with Crippen LogP contribution in [0.5, 0.6) is 0 Å². The molecule has 8 nitrogen and oxygen atoms in total. The minimum atomic E-state index is -3.71. The van der Waals surface area contributed by atoms with Gasteiger partial charge in [-0.3, -0.25) is 4.79 Å². The van der Waals surface area contributed by atoms with Crippen molar-refractivity contribution in [1.82, 2.24) is 0 Å². The van der Waals surface area contributed by atoms with Crippen molar-refractivity contribution in [2.24, 2.45) is 16.2 Å². The van der Waals surface area contributed by atoms with Crippen LogP contribution in [0.3, 0.4) is 0 Å². The second-order valence-corrected chi connectivity index (χ2v) is 7.23. The van der Waals surface area contributed by atoms with Gasteiger partial charge < -0.3 is 4.74 Å². The molecule has 0 aromatic heterocycles. The maximum Gasteiger partial charge on any atom is 0.308 e. The molecule has 0 radical (unpaired) electrons. The number of carbonyl (C=O) groups excluding carboxylic acids is 1. The molecule has 0 unspecified atom stereocenters. The molecule has 0 amide bonds. The number of carbonyl (C=O) groups is 1. The summed E-state index contributed by atoms with van der Waals surface area (Å²) >= 11 is 0. The summed E-state index contributed by atoms with van der Waals surface area (Å²) in [5.74, 6) is -2.33. The molecule has 0 saturated heterocycles. The van der Waals surface area contributed by atoms with E-state index in [9.17, 15) is 21.6 Å². The van der Waals surface area contributed by atoms with Gasteiger partial charge >= 0.3 is 5.97 Å². The van der Waals surface area contributed by atoms with Gasteiger partial charge in [-0.1, -0.05) is 0 Å². The van der Waals surface area contributed by atoms with Crippen LogP contribution in [0.2, 0.25) is 0 Å². The summed E-state index contributed by atoms with van der Waals surface area (Å²) in [6.45, 7) is 1.72. The Balaban J connectivity index is 4.57. The minimum Gasteiger partial charge on any atom is -0.466 e. The highest BCUT2D eigenvalue weighted by molar-refractivity contribution is 7.89. The molecular weight excluding hydrogens is 284 g/mol. The van der Waals surface area contributed by atoms with E-state index < -0.39 is 43.4 Å². The number of esters is 1. The average molecular weight is 302 g/mol. The predicted molar refractivity (Wildman–Crippen MR) is 65.3 cm³/mol. The standard InChI is InChI=1S/C8H18N2O6S2/c1-2-16-8(11)7(3-5-17(9,12)13)4-6-18(10,14)15/h7H,2-6H2,1H3,(H2,9,12,13)(H2,10,14,15). The summed E-state index contributed by atoms with van der Waals surface area (Å²) < 4.78 is 47.9. The van der Waals surface area contributed by atoms with Crippen molar-refractivity contribution < 1.29 is 26.4 Å². The molecule has 0 aromatic carbocycles. The third-order valence-corrected chi connectivity index (χ3v) is 3.73. The van der Waals surface area contributed by atoms with Crippen molar-refractivity contribution in [2.45, 2.75) is 19.8 Å². The van der Waals surface area contributed by atoms with Crippen LogP contribution in [0, 0.1) is 5.92 Å². The van der Waals surface area contributed by atoms with E-state index in [-0.39, 0.29) is 19.4 Å². The molecule has 108 valence electrons. The van der Waals surface area contributed by atoms with Crippen molar-refractivity contribution in [3.8, 4) is 0 Å². The lowest BCUT2D eigenvalue weighted by molar-refractivity contribution is -0.148. The number of nitrogens with two attached hydrogens (primary N) is 2. The second kappa shape index (κ2) is 7.02. The lowest BCUT2D eigenvalue weighted by Gasteiger charge is -2.14. The van der Waals surface area contributed by atoms with Crippen molar-refractivity contribution in [1.29, 1.82) is 0 Å². The third kappa shape index (κ3) is 9.33. The average Bonchev–Trinajstić information content (AvgIpc) is 2.14. The van der Waals surface area contributed by atoms with Crippen molar-refractivity contribution in [3.05, 3.63) is 0 Å². The highest BCUT2D eigenvalue weighted by Crippen LogP contribution is 2.13. The van der Waals surface area contributed by atoms with Crippen LogP contribution in [0.4, 0.5) is 0 Å². The molecule has 0 heterocycles. The molecule has 0 saturated carbocycles. The van der Waals surface area contributed by atoms with Gasteiger partial charge in [0, 0.05) is 0 Å². The van der Waals surface area contributed by atoms with E-state index in [1.807, 2.05) is 0 Å². The van der Waals surface area contributed by atoms with Crippen LogP contribution < -0.4 is 10.3 Å². The first-order valence-corrected chi connectivity index (χ1v) is 8.66. The Bertz CT molecular complexity index is 434. The molecule has 10 heteroatoms. The van der Waals surface area contributed by atoms with Gasteiger partial charge in [0.2, 0.25) is 20.0 Å². The zero-order valence-corrected chi connectivity index (χ0v) is 11.7. The molecule has 0 spiro atoms. The quantitative estimate of drug-likeness (QED) is 0.523. The fourth-order valence-electron chi connectivity index (χ4n) is 1.25. The number of sulfonamides is 2. The van der Waals surface area contributed by atoms with E-state index in [1.165, 1.54) is 0 Å². The van der Waals surface area contributed by atoms with Crippen LogP contribution in [0.25, 0.3) is 0 Å². The third-order valence-electron chi connectivity index (χ3n) is 2.12. The summed E-state index contributed by atoms with van der Waals surface area (Å²) in [6, 6.07) is 0. The summed E-state index contributed by atoms with van der Waals surface area (Å²) in [5.41, 5.74) is 0. The lowest BCUT2D eigenvalue weighted by Crippen LogP contribution is -2.27. The zero-order valence-electron chi connectivity index (χ0n) is 10.0. The van der Waals surface area contributed by atoms with Crippen molar-refractivity contribution in [3.63, 3.8) is 0 Å². The van der Waals surface area contributed by atoms with Crippen LogP contribution in [-0.4, -0.2) is 40.9 Å². The van der Waals surface area contributed by atoms with E-state index in [2.05, 4.69) is 0 Å². The van der Waals surface area contributed by atoms with Gasteiger partial charge in [-0.15, -0.1) is 0 Å². The Morgan fingerprint density at radius 1 is 1.06 bits per heavy atom. The van der Waals surface area contributed by atoms with E-state index in [1.54, 1.807) is 6.92 Å². The minimum absolute atomic E-state index is 0.0901. The molecule has 0 bridgehead atoms. The first-order valence-electron chi connectivity index (χ1n) is 5.22. The molecule has 0 fully saturated rings. The SMILES string of the molecule is CCOC(=O)C(CCS(N)(=O)=O)CCS(N)(=O)=O. The van der Waals surface area contributed by atoms with Gasteiger partial charge in [0.1, 0.15) is 0 Å². The van der Waals surface area contributed by atoms with Gasteiger partial charge in [0.25, 0.3) is 0 Å². The normalized spacial score (nSPS) is 12.7. The Hall–Kier alpha value is -0.710. The van der Waals surface area contributed by atoms with Crippen molar-refractivity contribution >= 4 is 26.0 Å². The van der Waals surface area contributed by atoms with Crippen LogP contribution in [-0.2, 0) is 29.6 Å². The number of hydrogen-bond donors (Lipinski definition) is 2. The number of rotatable bonds is 8. The highest BCUT2D eigenvalue weighted by Gasteiger charge is 2.23. The zero-order chi connectivity index (χ0) is 14.4. The van der Waals surface area contributed by atoms with E-state index in [0.29, 0.717) is 0 Å². The summed E-state index contributed by atoms with van der Waals surface area (Å²) in [4.78, 5) is 11.5. The summed E-state index contributed by atoms with van der Waals surface area (Å²) in [7, 11) is -7.42. The van der Waals surface area contributed by atoms with E-state index in [4.69, 9.17) is 15.0 Å². The van der Waals surface area contributed by atoms with Crippen LogP contribution >= 0.6 is 0 Å². The number of ether oxygens (including phenoxy) is 1. The monoisotopic (exact) mass is 302 g/mol. The Kier molecular flexibility index (Phi) is 6.74. The molecule has 18 heavy (non-hydrogen) atoms. The van der Waals surface area contributed by atoms with E-state index in [0.717, 1.165) is 0 Å². The largest absolute Gasteiger partial charge is 0.466 e. The second-order valence-electron chi connectivity index (χ2n) is 3.76. The molecule has 4 N–H and O–H groups in total. The fraction of sp³-hybridized carbons (Fsp3) is 0.875. The van der Waals surface area contributed by atoms with Gasteiger partial charge in [-0.25, -0.2) is 27.1 Å². The fourth-order valence-corrected chi connectivity index (χ4v) is 2.48. The highest BCUT2D eigenvalue weighted by atomic mass is 32.2. The molecule has 0 rings (SSSR count). The maximum atomic E-state index is 11.5. The Morgan fingerprint density at radius 2 is 1.44 bits per heavy atom. The van der Waals surface area contributed by atoms with Gasteiger partial charge in [0.05, 0.1) is 24.0 Å². The number of primary sulfonamides is 2. The van der Waals surface area contributed by atoms with Gasteiger partial charge in [-0.2, -0.15) is 0 Å². The van der Waals surface area contributed by atoms with Gasteiger partial charge in [0.15, 0.2) is 0 Å². The molecule has 0 atom stereocenters. The van der Waals surface area contributed by atoms with Crippen LogP contribution in [0.15, 0.2) is 0 Å². The molecule has 0 aromatic rings. The number of hydrogen-bond acceptors (Lipinski definition) is 6.